The number of halogens is 1. The van der Waals surface area contributed by atoms with Gasteiger partial charge in [0.15, 0.2) is 0 Å². The van der Waals surface area contributed by atoms with Gasteiger partial charge in [-0.25, -0.2) is 9.37 Å². The molecule has 3 rings (SSSR count). The molecule has 2 heterocycles. The number of hydrogen-bond donors (Lipinski definition) is 1. The molecule has 0 bridgehead atoms. The molecule has 0 spiro atoms. The molecule has 1 aliphatic heterocycles. The summed E-state index contributed by atoms with van der Waals surface area (Å²) in [5, 5.41) is 2.04. The lowest BCUT2D eigenvalue weighted by molar-refractivity contribution is -0.135. The summed E-state index contributed by atoms with van der Waals surface area (Å²) in [5.41, 5.74) is -0.355. The van der Waals surface area contributed by atoms with Crippen LogP contribution in [0.5, 0.6) is 0 Å². The normalized spacial score (nSPS) is 18.9. The monoisotopic (exact) mass is 289 g/mol. The van der Waals surface area contributed by atoms with Crippen LogP contribution in [0.1, 0.15) is 24.7 Å². The lowest BCUT2D eigenvalue weighted by atomic mass is 10.1. The molecule has 0 aliphatic carbocycles. The Hall–Kier alpha value is -2.57. The molecule has 6 nitrogen and oxygen atoms in total. The Morgan fingerprint density at radius 1 is 1.33 bits per heavy atom. The zero-order valence-electron chi connectivity index (χ0n) is 11.2. The number of aryl methyl sites for hydroxylation is 1. The molecule has 0 saturated carbocycles. The Bertz CT molecular complexity index is 828. The first-order valence-electron chi connectivity index (χ1n) is 6.50. The number of carbonyl (C=O) groups excluding carboxylic acids is 2. The van der Waals surface area contributed by atoms with Crippen molar-refractivity contribution < 1.29 is 14.0 Å². The molecule has 2 aromatic rings. The van der Waals surface area contributed by atoms with Crippen molar-refractivity contribution >= 4 is 22.7 Å². The fraction of sp³-hybridized carbons (Fsp3) is 0.286. The van der Waals surface area contributed by atoms with Crippen LogP contribution < -0.4 is 10.9 Å². The van der Waals surface area contributed by atoms with E-state index < -0.39 is 23.3 Å². The van der Waals surface area contributed by atoms with Gasteiger partial charge in [-0.2, -0.15) is 0 Å². The van der Waals surface area contributed by atoms with E-state index in [4.69, 9.17) is 0 Å². The fourth-order valence-corrected chi connectivity index (χ4v) is 2.61. The maximum absolute atomic E-state index is 13.9. The van der Waals surface area contributed by atoms with Crippen LogP contribution in [0.15, 0.2) is 23.0 Å². The maximum atomic E-state index is 13.9. The summed E-state index contributed by atoms with van der Waals surface area (Å²) in [7, 11) is 0. The average molecular weight is 289 g/mol. The molecule has 1 atom stereocenters. The Kier molecular flexibility index (Phi) is 3.04. The zero-order valence-corrected chi connectivity index (χ0v) is 11.2. The SMILES string of the molecule is Cc1nc2cccc(F)c2c(=O)n1C1CCC(=O)NC1=O. The second-order valence-electron chi connectivity index (χ2n) is 4.94. The second-order valence-corrected chi connectivity index (χ2v) is 4.94. The highest BCUT2D eigenvalue weighted by Gasteiger charge is 2.30. The van der Waals surface area contributed by atoms with Crippen LogP contribution >= 0.6 is 0 Å². The number of benzene rings is 1. The van der Waals surface area contributed by atoms with E-state index in [1.807, 2.05) is 0 Å². The van der Waals surface area contributed by atoms with E-state index >= 15 is 0 Å². The summed E-state index contributed by atoms with van der Waals surface area (Å²) >= 11 is 0. The first-order valence-corrected chi connectivity index (χ1v) is 6.50. The topological polar surface area (TPSA) is 81.1 Å². The van der Waals surface area contributed by atoms with E-state index in [1.165, 1.54) is 12.1 Å². The molecule has 108 valence electrons. The molecule has 1 aromatic carbocycles. The number of rotatable bonds is 1. The van der Waals surface area contributed by atoms with Gasteiger partial charge in [-0.05, 0) is 25.5 Å². The Labute approximate surface area is 118 Å². The summed E-state index contributed by atoms with van der Waals surface area (Å²) < 4.78 is 15.0. The van der Waals surface area contributed by atoms with Crippen LogP contribution in [0.3, 0.4) is 0 Å². The minimum atomic E-state index is -0.841. The van der Waals surface area contributed by atoms with E-state index in [9.17, 15) is 18.8 Å². The minimum Gasteiger partial charge on any atom is -0.295 e. The number of nitrogens with zero attached hydrogens (tertiary/aromatic N) is 2. The van der Waals surface area contributed by atoms with Crippen molar-refractivity contribution in [1.82, 2.24) is 14.9 Å². The molecular weight excluding hydrogens is 277 g/mol. The third-order valence-electron chi connectivity index (χ3n) is 3.58. The maximum Gasteiger partial charge on any atom is 0.265 e. The number of carbonyl (C=O) groups is 2. The van der Waals surface area contributed by atoms with Crippen LogP contribution in [0.25, 0.3) is 10.9 Å². The van der Waals surface area contributed by atoms with Gasteiger partial charge >= 0.3 is 0 Å². The lowest BCUT2D eigenvalue weighted by Crippen LogP contribution is -2.45. The predicted molar refractivity (Wildman–Crippen MR) is 72.1 cm³/mol. The van der Waals surface area contributed by atoms with Crippen LogP contribution in [0.4, 0.5) is 4.39 Å². The Balaban J connectivity index is 2.24. The highest BCUT2D eigenvalue weighted by molar-refractivity contribution is 5.99. The summed E-state index contributed by atoms with van der Waals surface area (Å²) in [4.78, 5) is 39.8. The zero-order chi connectivity index (χ0) is 15.1. The molecule has 0 radical (unpaired) electrons. The van der Waals surface area contributed by atoms with Crippen molar-refractivity contribution in [3.8, 4) is 0 Å². The number of hydrogen-bond acceptors (Lipinski definition) is 4. The molecular formula is C14H12FN3O3. The highest BCUT2D eigenvalue weighted by atomic mass is 19.1. The van der Waals surface area contributed by atoms with Gasteiger partial charge < -0.3 is 0 Å². The van der Waals surface area contributed by atoms with Gasteiger partial charge in [-0.3, -0.25) is 24.3 Å². The third-order valence-corrected chi connectivity index (χ3v) is 3.58. The molecule has 2 amide bonds. The number of fused-ring (bicyclic) bond motifs is 1. The van der Waals surface area contributed by atoms with Gasteiger partial charge in [0.05, 0.1) is 5.52 Å². The van der Waals surface area contributed by atoms with Gasteiger partial charge in [0, 0.05) is 6.42 Å². The largest absolute Gasteiger partial charge is 0.295 e. The first kappa shape index (κ1) is 13.4. The quantitative estimate of drug-likeness (QED) is 0.788. The van der Waals surface area contributed by atoms with E-state index in [0.29, 0.717) is 5.82 Å². The van der Waals surface area contributed by atoms with Gasteiger partial charge in [0.2, 0.25) is 11.8 Å². The number of imide groups is 1. The average Bonchev–Trinajstić information content (AvgIpc) is 2.40. The van der Waals surface area contributed by atoms with Gasteiger partial charge in [0.1, 0.15) is 23.1 Å². The highest BCUT2D eigenvalue weighted by Crippen LogP contribution is 2.20. The van der Waals surface area contributed by atoms with Crippen molar-refractivity contribution in [1.29, 1.82) is 0 Å². The first-order chi connectivity index (χ1) is 9.99. The standard InChI is InChI=1S/C14H12FN3O3/c1-7-16-9-4-2-3-8(15)12(9)14(21)18(7)10-5-6-11(19)17-13(10)20/h2-4,10H,5-6H2,1H3,(H,17,19,20). The van der Waals surface area contributed by atoms with Crippen molar-refractivity contribution in [3.05, 3.63) is 40.2 Å². The molecule has 1 unspecified atom stereocenters. The molecule has 1 aliphatic rings. The minimum absolute atomic E-state index is 0.137. The number of nitrogens with one attached hydrogen (secondary N) is 1. The van der Waals surface area contributed by atoms with E-state index in [-0.39, 0.29) is 29.7 Å². The number of amides is 2. The van der Waals surface area contributed by atoms with Crippen molar-refractivity contribution in [2.75, 3.05) is 0 Å². The molecule has 1 saturated heterocycles. The Morgan fingerprint density at radius 2 is 2.10 bits per heavy atom. The molecule has 1 aromatic heterocycles. The fourth-order valence-electron chi connectivity index (χ4n) is 2.61. The Morgan fingerprint density at radius 3 is 2.81 bits per heavy atom. The molecule has 7 heteroatoms. The molecule has 1 N–H and O–H groups in total. The van der Waals surface area contributed by atoms with E-state index in [0.717, 1.165) is 4.57 Å². The summed E-state index contributed by atoms with van der Waals surface area (Å²) in [6.07, 6.45) is 0.338. The van der Waals surface area contributed by atoms with Gasteiger partial charge in [-0.1, -0.05) is 6.07 Å². The van der Waals surface area contributed by atoms with Gasteiger partial charge in [-0.15, -0.1) is 0 Å². The van der Waals surface area contributed by atoms with E-state index in [1.54, 1.807) is 13.0 Å². The molecule has 21 heavy (non-hydrogen) atoms. The number of piperidine rings is 1. The predicted octanol–water partition coefficient (Wildman–Crippen LogP) is 0.822. The summed E-state index contributed by atoms with van der Waals surface area (Å²) in [6.45, 7) is 1.58. The van der Waals surface area contributed by atoms with Crippen molar-refractivity contribution in [3.63, 3.8) is 0 Å². The van der Waals surface area contributed by atoms with Crippen molar-refractivity contribution in [2.45, 2.75) is 25.8 Å². The lowest BCUT2D eigenvalue weighted by Gasteiger charge is -2.24. The second kappa shape index (κ2) is 4.76. The van der Waals surface area contributed by atoms with Crippen LogP contribution in [0, 0.1) is 12.7 Å². The molecule has 1 fully saturated rings. The van der Waals surface area contributed by atoms with Crippen molar-refractivity contribution in [2.24, 2.45) is 0 Å². The summed E-state index contributed by atoms with van der Waals surface area (Å²) in [5.74, 6) is -1.30. The number of aromatic nitrogens is 2. The van der Waals surface area contributed by atoms with Crippen LogP contribution in [0.2, 0.25) is 0 Å². The smallest absolute Gasteiger partial charge is 0.265 e. The van der Waals surface area contributed by atoms with Crippen LogP contribution in [-0.4, -0.2) is 21.4 Å². The van der Waals surface area contributed by atoms with E-state index in [2.05, 4.69) is 10.3 Å². The van der Waals surface area contributed by atoms with Gasteiger partial charge in [0.25, 0.3) is 5.56 Å². The third kappa shape index (κ3) is 2.10. The summed E-state index contributed by atoms with van der Waals surface area (Å²) in [6, 6.07) is 3.35. The van der Waals surface area contributed by atoms with Crippen LogP contribution in [-0.2, 0) is 9.59 Å².